The maximum Gasteiger partial charge on any atom is 0.238 e. The fourth-order valence-corrected chi connectivity index (χ4v) is 2.52. The first kappa shape index (κ1) is 18.6. The second-order valence-electron chi connectivity index (χ2n) is 4.92. The lowest BCUT2D eigenvalue weighted by molar-refractivity contribution is 0.208. The van der Waals surface area contributed by atoms with Crippen LogP contribution in [0.4, 0.5) is 0 Å². The molecular weight excluding hydrogens is 344 g/mol. The monoisotopic (exact) mass is 362 g/mol. The number of ether oxygens (including phenoxy) is 3. The van der Waals surface area contributed by atoms with Gasteiger partial charge in [0, 0.05) is 6.07 Å². The lowest BCUT2D eigenvalue weighted by Crippen LogP contribution is -2.12. The Morgan fingerprint density at radius 2 is 1.68 bits per heavy atom. The highest BCUT2D eigenvalue weighted by molar-refractivity contribution is 7.89. The minimum Gasteiger partial charge on any atom is -0.490 e. The normalized spacial score (nSPS) is 10.8. The van der Waals surface area contributed by atoms with Gasteiger partial charge < -0.3 is 14.2 Å². The molecule has 0 amide bonds. The highest BCUT2D eigenvalue weighted by Crippen LogP contribution is 2.28. The molecule has 0 heterocycles. The van der Waals surface area contributed by atoms with Crippen LogP contribution in [-0.2, 0) is 10.0 Å². The average molecular weight is 362 g/mol. The molecule has 25 heavy (non-hydrogen) atoms. The quantitative estimate of drug-likeness (QED) is 0.720. The summed E-state index contributed by atoms with van der Waals surface area (Å²) >= 11 is 0. The maximum atomic E-state index is 11.2. The Balaban J connectivity index is 1.90. The van der Waals surface area contributed by atoms with E-state index >= 15 is 0 Å². The van der Waals surface area contributed by atoms with E-state index in [1.54, 1.807) is 18.2 Å². The summed E-state index contributed by atoms with van der Waals surface area (Å²) in [6.45, 7) is 2.80. The number of sulfonamides is 1. The van der Waals surface area contributed by atoms with E-state index in [4.69, 9.17) is 24.6 Å². The van der Waals surface area contributed by atoms with Crippen LogP contribution in [0.15, 0.2) is 47.4 Å². The number of primary sulfonamides is 1. The molecule has 7 nitrogen and oxygen atoms in total. The van der Waals surface area contributed by atoms with Gasteiger partial charge in [0.2, 0.25) is 10.0 Å². The van der Waals surface area contributed by atoms with Crippen LogP contribution in [-0.4, -0.2) is 28.2 Å². The summed E-state index contributed by atoms with van der Waals surface area (Å²) in [5.74, 6) is 1.52. The second-order valence-corrected chi connectivity index (χ2v) is 6.48. The number of hydrogen-bond acceptors (Lipinski definition) is 6. The minimum absolute atomic E-state index is 0.0232. The van der Waals surface area contributed by atoms with Crippen molar-refractivity contribution in [2.24, 2.45) is 5.14 Å². The molecule has 0 saturated heterocycles. The summed E-state index contributed by atoms with van der Waals surface area (Å²) in [5.41, 5.74) is 0.488. The van der Waals surface area contributed by atoms with Crippen molar-refractivity contribution in [2.75, 3.05) is 19.8 Å². The molecule has 0 aliphatic heterocycles. The van der Waals surface area contributed by atoms with Crippen molar-refractivity contribution >= 4 is 10.0 Å². The Hall–Kier alpha value is -2.76. The number of nitrogens with two attached hydrogens (primary N) is 1. The molecule has 2 aromatic rings. The molecular formula is C17H18N2O5S. The van der Waals surface area contributed by atoms with Gasteiger partial charge in [-0.05, 0) is 43.3 Å². The summed E-state index contributed by atoms with van der Waals surface area (Å²) in [6, 6.07) is 12.8. The molecule has 0 bridgehead atoms. The molecule has 2 aromatic carbocycles. The molecule has 2 rings (SSSR count). The molecule has 0 spiro atoms. The van der Waals surface area contributed by atoms with Crippen molar-refractivity contribution in [3.05, 3.63) is 48.0 Å². The second kappa shape index (κ2) is 8.37. The van der Waals surface area contributed by atoms with Gasteiger partial charge >= 0.3 is 0 Å². The van der Waals surface area contributed by atoms with E-state index in [0.717, 1.165) is 0 Å². The summed E-state index contributed by atoms with van der Waals surface area (Å²) in [5, 5.41) is 14.0. The first-order chi connectivity index (χ1) is 11.9. The van der Waals surface area contributed by atoms with Crippen molar-refractivity contribution < 1.29 is 22.6 Å². The maximum absolute atomic E-state index is 11.2. The molecule has 0 unspecified atom stereocenters. The van der Waals surface area contributed by atoms with Gasteiger partial charge in [-0.2, -0.15) is 5.26 Å². The molecule has 2 N–H and O–H groups in total. The number of nitriles is 1. The molecule has 0 radical (unpaired) electrons. The average Bonchev–Trinajstić information content (AvgIpc) is 2.59. The first-order valence-corrected chi connectivity index (χ1v) is 9.04. The van der Waals surface area contributed by atoms with Crippen molar-refractivity contribution in [1.29, 1.82) is 5.26 Å². The molecule has 0 fully saturated rings. The Bertz CT molecular complexity index is 858. The lowest BCUT2D eigenvalue weighted by Gasteiger charge is -2.12. The number of nitrogens with zero attached hydrogens (tertiary/aromatic N) is 1. The van der Waals surface area contributed by atoms with Crippen LogP contribution in [0.1, 0.15) is 12.5 Å². The van der Waals surface area contributed by atoms with E-state index in [0.29, 0.717) is 29.4 Å². The Kier molecular flexibility index (Phi) is 6.22. The van der Waals surface area contributed by atoms with E-state index in [9.17, 15) is 8.42 Å². The topological polar surface area (TPSA) is 112 Å². The van der Waals surface area contributed by atoms with Gasteiger partial charge in [-0.15, -0.1) is 0 Å². The highest BCUT2D eigenvalue weighted by Gasteiger charge is 2.08. The molecule has 0 saturated carbocycles. The highest BCUT2D eigenvalue weighted by atomic mass is 32.2. The number of benzene rings is 2. The van der Waals surface area contributed by atoms with E-state index in [-0.39, 0.29) is 18.1 Å². The van der Waals surface area contributed by atoms with Crippen LogP contribution in [0.2, 0.25) is 0 Å². The third kappa shape index (κ3) is 5.38. The molecule has 132 valence electrons. The third-order valence-electron chi connectivity index (χ3n) is 3.13. The number of hydrogen-bond donors (Lipinski definition) is 1. The van der Waals surface area contributed by atoms with Crippen molar-refractivity contribution in [3.8, 4) is 23.3 Å². The summed E-state index contributed by atoms with van der Waals surface area (Å²) in [6.07, 6.45) is 0. The first-order valence-electron chi connectivity index (χ1n) is 7.49. The molecule has 8 heteroatoms. The Labute approximate surface area is 146 Å². The SMILES string of the molecule is CCOc1cc(C#N)ccc1OCCOc1ccc(S(N)(=O)=O)cc1. The van der Waals surface area contributed by atoms with Gasteiger partial charge in [0.05, 0.1) is 23.1 Å². The van der Waals surface area contributed by atoms with Gasteiger partial charge in [-0.25, -0.2) is 13.6 Å². The molecule has 0 aliphatic rings. The molecule has 0 atom stereocenters. The van der Waals surface area contributed by atoms with Crippen LogP contribution in [0.5, 0.6) is 17.2 Å². The minimum atomic E-state index is -3.71. The fraction of sp³-hybridized carbons (Fsp3) is 0.235. The fourth-order valence-electron chi connectivity index (χ4n) is 2.00. The predicted octanol–water partition coefficient (Wildman–Crippen LogP) is 2.06. The summed E-state index contributed by atoms with van der Waals surface area (Å²) in [4.78, 5) is 0.0232. The van der Waals surface area contributed by atoms with E-state index in [1.807, 2.05) is 13.0 Å². The molecule has 0 aliphatic carbocycles. The molecule has 0 aromatic heterocycles. The van der Waals surface area contributed by atoms with E-state index in [2.05, 4.69) is 0 Å². The van der Waals surface area contributed by atoms with Crippen LogP contribution in [0.3, 0.4) is 0 Å². The predicted molar refractivity (Wildman–Crippen MR) is 91.1 cm³/mol. The van der Waals surface area contributed by atoms with Crippen molar-refractivity contribution in [2.45, 2.75) is 11.8 Å². The standard InChI is InChI=1S/C17H18N2O5S/c1-2-22-17-11-13(12-18)3-8-16(17)24-10-9-23-14-4-6-15(7-5-14)25(19,20)21/h3-8,11H,2,9-10H2,1H3,(H2,19,20,21). The number of rotatable bonds is 8. The van der Waals surface area contributed by atoms with Crippen LogP contribution >= 0.6 is 0 Å². The van der Waals surface area contributed by atoms with Crippen LogP contribution in [0, 0.1) is 11.3 Å². The van der Waals surface area contributed by atoms with Gasteiger partial charge in [0.15, 0.2) is 11.5 Å². The Morgan fingerprint density at radius 3 is 2.28 bits per heavy atom. The van der Waals surface area contributed by atoms with Crippen molar-refractivity contribution in [3.63, 3.8) is 0 Å². The summed E-state index contributed by atoms with van der Waals surface area (Å²) < 4.78 is 38.9. The van der Waals surface area contributed by atoms with Crippen LogP contribution in [0.25, 0.3) is 0 Å². The van der Waals surface area contributed by atoms with E-state index < -0.39 is 10.0 Å². The van der Waals surface area contributed by atoms with Crippen molar-refractivity contribution in [1.82, 2.24) is 0 Å². The zero-order valence-corrected chi connectivity index (χ0v) is 14.5. The van der Waals surface area contributed by atoms with Gasteiger partial charge in [-0.3, -0.25) is 0 Å². The largest absolute Gasteiger partial charge is 0.490 e. The zero-order chi connectivity index (χ0) is 18.3. The third-order valence-corrected chi connectivity index (χ3v) is 4.06. The van der Waals surface area contributed by atoms with E-state index in [1.165, 1.54) is 24.3 Å². The smallest absolute Gasteiger partial charge is 0.238 e. The Morgan fingerprint density at radius 1 is 1.00 bits per heavy atom. The zero-order valence-electron chi connectivity index (χ0n) is 13.6. The summed E-state index contributed by atoms with van der Waals surface area (Å²) in [7, 11) is -3.71. The van der Waals surface area contributed by atoms with Gasteiger partial charge in [-0.1, -0.05) is 0 Å². The van der Waals surface area contributed by atoms with Crippen LogP contribution < -0.4 is 19.3 Å². The van der Waals surface area contributed by atoms with Gasteiger partial charge in [0.1, 0.15) is 19.0 Å². The van der Waals surface area contributed by atoms with Gasteiger partial charge in [0.25, 0.3) is 0 Å². The lowest BCUT2D eigenvalue weighted by atomic mass is 10.2.